The van der Waals surface area contributed by atoms with Crippen molar-refractivity contribution in [1.29, 1.82) is 0 Å². The van der Waals surface area contributed by atoms with Gasteiger partial charge in [0, 0.05) is 12.8 Å². The number of hydrogen-bond donors (Lipinski definition) is 0. The smallest absolute Gasteiger partial charge is 0.224 e. The van der Waals surface area contributed by atoms with Crippen molar-refractivity contribution in [3.05, 3.63) is 0 Å². The van der Waals surface area contributed by atoms with Crippen molar-refractivity contribution < 1.29 is 39.5 Å². The molecule has 0 heterocycles. The van der Waals surface area contributed by atoms with E-state index in [9.17, 15) is 39.5 Å². The predicted octanol–water partition coefficient (Wildman–Crippen LogP) is 4.89. The van der Waals surface area contributed by atoms with E-state index >= 15 is 0 Å². The van der Waals surface area contributed by atoms with Crippen molar-refractivity contribution in [2.75, 3.05) is 0 Å². The molecule has 18 heavy (non-hydrogen) atoms. The zero-order chi connectivity index (χ0) is 15.0. The molecule has 0 saturated heterocycles. The Kier molecular flexibility index (Phi) is 4.64. The van der Waals surface area contributed by atoms with Crippen LogP contribution in [-0.2, 0) is 0 Å². The third kappa shape index (κ3) is 4.24. The topological polar surface area (TPSA) is 0 Å². The molecule has 0 aliphatic rings. The fourth-order valence-corrected chi connectivity index (χ4v) is 1.56. The van der Waals surface area contributed by atoms with Gasteiger partial charge in [0.15, 0.2) is 0 Å². The highest BCUT2D eigenvalue weighted by atomic mass is 19.4. The van der Waals surface area contributed by atoms with E-state index in [1.165, 1.54) is 0 Å². The molecule has 1 unspecified atom stereocenters. The van der Waals surface area contributed by atoms with Gasteiger partial charge in [-0.25, -0.2) is 13.2 Å². The molecule has 0 aliphatic heterocycles. The summed E-state index contributed by atoms with van der Waals surface area (Å²) >= 11 is 0. The summed E-state index contributed by atoms with van der Waals surface area (Å²) in [5, 5.41) is 0. The lowest BCUT2D eigenvalue weighted by atomic mass is 9.88. The minimum absolute atomic E-state index is 0.338. The number of hydrogen-bond acceptors (Lipinski definition) is 0. The highest BCUT2D eigenvalue weighted by Gasteiger charge is 2.72. The third-order valence-electron chi connectivity index (χ3n) is 2.24. The molecule has 0 bridgehead atoms. The van der Waals surface area contributed by atoms with Crippen LogP contribution < -0.4 is 0 Å². The zero-order valence-electron chi connectivity index (χ0n) is 9.39. The first-order valence-electron chi connectivity index (χ1n) is 4.80. The third-order valence-corrected chi connectivity index (χ3v) is 2.24. The van der Waals surface area contributed by atoms with Crippen molar-refractivity contribution >= 4 is 0 Å². The highest BCUT2D eigenvalue weighted by molar-refractivity contribution is 4.95. The average Bonchev–Trinajstić information content (AvgIpc) is 1.94. The van der Waals surface area contributed by atoms with Crippen molar-refractivity contribution in [1.82, 2.24) is 0 Å². The predicted molar refractivity (Wildman–Crippen MR) is 45.0 cm³/mol. The van der Waals surface area contributed by atoms with Crippen LogP contribution in [0, 0.1) is 5.92 Å². The van der Waals surface area contributed by atoms with Crippen LogP contribution in [0.25, 0.3) is 0 Å². The summed E-state index contributed by atoms with van der Waals surface area (Å²) in [6.45, 7) is 1.05. The summed E-state index contributed by atoms with van der Waals surface area (Å²) in [5.74, 6) is -5.24. The first-order valence-corrected chi connectivity index (χ1v) is 4.80. The van der Waals surface area contributed by atoms with Gasteiger partial charge in [0.05, 0.1) is 0 Å². The van der Waals surface area contributed by atoms with E-state index in [-0.39, 0.29) is 0 Å². The van der Waals surface area contributed by atoms with E-state index in [1.807, 2.05) is 0 Å². The van der Waals surface area contributed by atoms with Crippen LogP contribution in [0.4, 0.5) is 39.5 Å². The standard InChI is InChI=1S/C9H11F9/c1-5(3-6(2,10)11)4-7(12,8(13,14)15)9(16,17)18/h5H,3-4H2,1-2H3. The molecule has 110 valence electrons. The number of alkyl halides is 9. The molecular weight excluding hydrogens is 279 g/mol. The Labute approximate surface area is 97.1 Å². The molecule has 0 rings (SSSR count). The first-order chi connectivity index (χ1) is 7.60. The van der Waals surface area contributed by atoms with Crippen LogP contribution in [-0.4, -0.2) is 23.9 Å². The average molecular weight is 290 g/mol. The van der Waals surface area contributed by atoms with Gasteiger partial charge in [0.2, 0.25) is 5.92 Å². The normalized spacial score (nSPS) is 16.8. The maximum atomic E-state index is 13.1. The van der Waals surface area contributed by atoms with Gasteiger partial charge in [-0.15, -0.1) is 0 Å². The number of rotatable bonds is 4. The molecule has 0 saturated carbocycles. The van der Waals surface area contributed by atoms with Crippen molar-refractivity contribution in [3.8, 4) is 0 Å². The Morgan fingerprint density at radius 1 is 0.722 bits per heavy atom. The van der Waals surface area contributed by atoms with Gasteiger partial charge in [-0.05, 0) is 12.8 Å². The molecule has 0 fully saturated rings. The summed E-state index contributed by atoms with van der Waals surface area (Å²) in [4.78, 5) is 0. The lowest BCUT2D eigenvalue weighted by Crippen LogP contribution is -2.54. The van der Waals surface area contributed by atoms with Gasteiger partial charge >= 0.3 is 12.4 Å². The van der Waals surface area contributed by atoms with E-state index < -0.39 is 42.7 Å². The molecule has 0 nitrogen and oxygen atoms in total. The van der Waals surface area contributed by atoms with E-state index in [0.717, 1.165) is 0 Å². The lowest BCUT2D eigenvalue weighted by molar-refractivity contribution is -0.346. The molecule has 0 amide bonds. The van der Waals surface area contributed by atoms with Crippen LogP contribution in [0.2, 0.25) is 0 Å². The Hall–Kier alpha value is -0.630. The maximum Gasteiger partial charge on any atom is 0.431 e. The molecule has 9 heteroatoms. The van der Waals surface area contributed by atoms with Gasteiger partial charge < -0.3 is 0 Å². The SMILES string of the molecule is CC(CC(C)(F)F)CC(F)(C(F)(F)F)C(F)(F)F. The fraction of sp³-hybridized carbons (Fsp3) is 1.00. The monoisotopic (exact) mass is 290 g/mol. The van der Waals surface area contributed by atoms with E-state index in [2.05, 4.69) is 0 Å². The number of halogens is 9. The zero-order valence-corrected chi connectivity index (χ0v) is 9.39. The molecule has 0 aliphatic carbocycles. The molecule has 0 aromatic carbocycles. The van der Waals surface area contributed by atoms with Crippen LogP contribution in [0.15, 0.2) is 0 Å². The molecule has 1 atom stereocenters. The summed E-state index contributed by atoms with van der Waals surface area (Å²) in [5.41, 5.74) is -5.47. The summed E-state index contributed by atoms with van der Waals surface area (Å²) < 4.78 is 111. The molecule has 0 radical (unpaired) electrons. The summed E-state index contributed by atoms with van der Waals surface area (Å²) in [7, 11) is 0. The van der Waals surface area contributed by atoms with Crippen LogP contribution in [0.1, 0.15) is 26.7 Å². The van der Waals surface area contributed by atoms with Crippen LogP contribution in [0.3, 0.4) is 0 Å². The van der Waals surface area contributed by atoms with Crippen molar-refractivity contribution in [2.24, 2.45) is 5.92 Å². The van der Waals surface area contributed by atoms with Gasteiger partial charge in [-0.2, -0.15) is 26.3 Å². The Morgan fingerprint density at radius 2 is 1.06 bits per heavy atom. The second-order valence-electron chi connectivity index (χ2n) is 4.38. The maximum absolute atomic E-state index is 13.1. The molecule has 0 spiro atoms. The molecule has 0 aromatic heterocycles. The Morgan fingerprint density at radius 3 is 1.28 bits per heavy atom. The highest BCUT2D eigenvalue weighted by Crippen LogP contribution is 2.50. The van der Waals surface area contributed by atoms with Crippen molar-refractivity contribution in [3.63, 3.8) is 0 Å². The van der Waals surface area contributed by atoms with Gasteiger partial charge in [-0.3, -0.25) is 0 Å². The first kappa shape index (κ1) is 17.4. The van der Waals surface area contributed by atoms with Gasteiger partial charge in [0.25, 0.3) is 5.67 Å². The van der Waals surface area contributed by atoms with E-state index in [0.29, 0.717) is 13.8 Å². The Balaban J connectivity index is 5.07. The lowest BCUT2D eigenvalue weighted by Gasteiger charge is -2.32. The van der Waals surface area contributed by atoms with Gasteiger partial charge in [-0.1, -0.05) is 6.92 Å². The molecular formula is C9H11F9. The van der Waals surface area contributed by atoms with Crippen molar-refractivity contribution in [2.45, 2.75) is 50.6 Å². The van der Waals surface area contributed by atoms with Crippen LogP contribution in [0.5, 0.6) is 0 Å². The molecule has 0 aromatic rings. The summed E-state index contributed by atoms with van der Waals surface area (Å²) in [6.07, 6.45) is -15.7. The summed E-state index contributed by atoms with van der Waals surface area (Å²) in [6, 6.07) is 0. The fourth-order valence-electron chi connectivity index (χ4n) is 1.56. The second kappa shape index (κ2) is 4.80. The Bertz CT molecular complexity index is 255. The van der Waals surface area contributed by atoms with Crippen LogP contribution >= 0.6 is 0 Å². The quantitative estimate of drug-likeness (QED) is 0.647. The molecule has 0 N–H and O–H groups in total. The second-order valence-corrected chi connectivity index (χ2v) is 4.38. The van der Waals surface area contributed by atoms with E-state index in [4.69, 9.17) is 0 Å². The minimum atomic E-state index is -6.19. The van der Waals surface area contributed by atoms with E-state index in [1.54, 1.807) is 0 Å². The largest absolute Gasteiger partial charge is 0.431 e. The minimum Gasteiger partial charge on any atom is -0.224 e. The van der Waals surface area contributed by atoms with Gasteiger partial charge in [0.1, 0.15) is 0 Å².